The number of aryl methyl sites for hydroxylation is 1. The molecule has 1 aromatic heterocycles. The number of hydrogen-bond acceptors (Lipinski definition) is 3. The predicted octanol–water partition coefficient (Wildman–Crippen LogP) is 3.43. The number of aromatic nitrogens is 2. The highest BCUT2D eigenvalue weighted by Crippen LogP contribution is 2.26. The van der Waals surface area contributed by atoms with Crippen LogP contribution in [0, 0.1) is 13.8 Å². The summed E-state index contributed by atoms with van der Waals surface area (Å²) in [6.07, 6.45) is 5.32. The fraction of sp³-hybridized carbons (Fsp3) is 0.550. The van der Waals surface area contributed by atoms with Crippen LogP contribution in [-0.2, 0) is 16.8 Å². The number of benzene rings is 1. The largest absolute Gasteiger partial charge is 0.282 e. The molecule has 0 radical (unpaired) electrons. The normalized spacial score (nSPS) is 16.4. The fourth-order valence-corrected chi connectivity index (χ4v) is 5.20. The molecule has 1 fully saturated rings. The van der Waals surface area contributed by atoms with Gasteiger partial charge in [-0.2, -0.15) is 22.1 Å². The van der Waals surface area contributed by atoms with Gasteiger partial charge in [-0.1, -0.05) is 37.5 Å². The third kappa shape index (κ3) is 4.10. The van der Waals surface area contributed by atoms with Gasteiger partial charge in [0.15, 0.2) is 0 Å². The lowest BCUT2D eigenvalue weighted by molar-refractivity contribution is 0.268. The van der Waals surface area contributed by atoms with Crippen molar-refractivity contribution in [3.05, 3.63) is 47.3 Å². The molecular weight excluding hydrogens is 360 g/mol. The molecule has 1 aromatic carbocycles. The Morgan fingerprint density at radius 3 is 2.33 bits per heavy atom. The van der Waals surface area contributed by atoms with Crippen LogP contribution in [0.4, 0.5) is 0 Å². The van der Waals surface area contributed by atoms with Crippen molar-refractivity contribution in [3.8, 4) is 5.69 Å². The highest BCUT2D eigenvalue weighted by Gasteiger charge is 2.31. The van der Waals surface area contributed by atoms with Gasteiger partial charge in [0, 0.05) is 37.9 Å². The average molecular weight is 391 g/mol. The lowest BCUT2D eigenvalue weighted by Gasteiger charge is -2.33. The van der Waals surface area contributed by atoms with Crippen molar-refractivity contribution in [1.29, 1.82) is 0 Å². The molecule has 27 heavy (non-hydrogen) atoms. The van der Waals surface area contributed by atoms with Crippen molar-refractivity contribution in [1.82, 2.24) is 18.4 Å². The van der Waals surface area contributed by atoms with Crippen molar-refractivity contribution in [2.45, 2.75) is 58.5 Å². The molecule has 6 nitrogen and oxygen atoms in total. The van der Waals surface area contributed by atoms with Crippen molar-refractivity contribution >= 4 is 10.2 Å². The highest BCUT2D eigenvalue weighted by molar-refractivity contribution is 7.86. The van der Waals surface area contributed by atoms with Crippen LogP contribution in [0.2, 0.25) is 0 Å². The summed E-state index contributed by atoms with van der Waals surface area (Å²) >= 11 is 0. The van der Waals surface area contributed by atoms with Crippen LogP contribution in [0.25, 0.3) is 5.69 Å². The second-order valence-corrected chi connectivity index (χ2v) is 9.56. The highest BCUT2D eigenvalue weighted by atomic mass is 32.2. The summed E-state index contributed by atoms with van der Waals surface area (Å²) < 4.78 is 31.0. The Morgan fingerprint density at radius 1 is 1.07 bits per heavy atom. The Labute approximate surface area is 163 Å². The molecule has 0 unspecified atom stereocenters. The Bertz CT molecular complexity index is 871. The summed E-state index contributed by atoms with van der Waals surface area (Å²) in [6.45, 7) is 4.25. The topological polar surface area (TPSA) is 58.4 Å². The fourth-order valence-electron chi connectivity index (χ4n) is 3.88. The summed E-state index contributed by atoms with van der Waals surface area (Å²) in [5.41, 5.74) is 3.77. The zero-order chi connectivity index (χ0) is 19.6. The van der Waals surface area contributed by atoms with Gasteiger partial charge >= 0.3 is 0 Å². The van der Waals surface area contributed by atoms with Crippen LogP contribution in [0.5, 0.6) is 0 Å². The molecule has 0 saturated heterocycles. The van der Waals surface area contributed by atoms with E-state index in [2.05, 4.69) is 5.10 Å². The molecule has 0 amide bonds. The third-order valence-electron chi connectivity index (χ3n) is 5.67. The molecule has 0 atom stereocenters. The van der Waals surface area contributed by atoms with Crippen LogP contribution >= 0.6 is 0 Å². The summed E-state index contributed by atoms with van der Waals surface area (Å²) in [6, 6.07) is 10.0. The second-order valence-electron chi connectivity index (χ2n) is 7.47. The number of para-hydroxylation sites is 1. The first-order chi connectivity index (χ1) is 12.8. The summed E-state index contributed by atoms with van der Waals surface area (Å²) in [5.74, 6) is 0. The lowest BCUT2D eigenvalue weighted by Crippen LogP contribution is -2.45. The minimum Gasteiger partial charge on any atom is -0.238 e. The predicted molar refractivity (Wildman–Crippen MR) is 108 cm³/mol. The van der Waals surface area contributed by atoms with E-state index in [0.717, 1.165) is 48.3 Å². The van der Waals surface area contributed by atoms with Crippen LogP contribution in [-0.4, -0.2) is 46.9 Å². The molecule has 1 aliphatic rings. The monoisotopic (exact) mass is 390 g/mol. The molecule has 0 aliphatic heterocycles. The van der Waals surface area contributed by atoms with Crippen LogP contribution in [0.1, 0.15) is 49.1 Å². The Balaban J connectivity index is 1.81. The molecule has 7 heteroatoms. The van der Waals surface area contributed by atoms with E-state index in [4.69, 9.17) is 0 Å². The van der Waals surface area contributed by atoms with Crippen molar-refractivity contribution in [3.63, 3.8) is 0 Å². The van der Waals surface area contributed by atoms with Crippen LogP contribution in [0.15, 0.2) is 30.3 Å². The van der Waals surface area contributed by atoms with Gasteiger partial charge in [-0.3, -0.25) is 0 Å². The molecular formula is C20H30N4O2S. The van der Waals surface area contributed by atoms with Gasteiger partial charge in [0.05, 0.1) is 11.4 Å². The zero-order valence-electron chi connectivity index (χ0n) is 16.7. The van der Waals surface area contributed by atoms with Gasteiger partial charge in [0.1, 0.15) is 0 Å². The Hall–Kier alpha value is -1.70. The molecule has 0 bridgehead atoms. The first kappa shape index (κ1) is 20.0. The van der Waals surface area contributed by atoms with Gasteiger partial charge in [0.2, 0.25) is 0 Å². The standard InChI is InChI=1S/C20H30N4O2S/c1-16-20(17(2)24(21-16)19-13-9-6-10-14-19)15-22(3)27(25,26)23(4)18-11-7-5-8-12-18/h6,9-10,13-14,18H,5,7-8,11-12,15H2,1-4H3. The van der Waals surface area contributed by atoms with E-state index in [-0.39, 0.29) is 6.04 Å². The lowest BCUT2D eigenvalue weighted by atomic mass is 9.96. The molecule has 1 aliphatic carbocycles. The summed E-state index contributed by atoms with van der Waals surface area (Å²) in [4.78, 5) is 0. The van der Waals surface area contributed by atoms with Crippen molar-refractivity contribution in [2.75, 3.05) is 14.1 Å². The number of rotatable bonds is 6. The summed E-state index contributed by atoms with van der Waals surface area (Å²) in [7, 11) is -0.119. The van der Waals surface area contributed by atoms with Crippen molar-refractivity contribution in [2.24, 2.45) is 0 Å². The van der Waals surface area contributed by atoms with Gasteiger partial charge in [-0.15, -0.1) is 0 Å². The van der Waals surface area contributed by atoms with Gasteiger partial charge < -0.3 is 0 Å². The molecule has 2 aromatic rings. The first-order valence-electron chi connectivity index (χ1n) is 9.62. The van der Waals surface area contributed by atoms with E-state index in [1.807, 2.05) is 48.9 Å². The molecule has 148 valence electrons. The maximum atomic E-state index is 13.1. The van der Waals surface area contributed by atoms with E-state index in [0.29, 0.717) is 6.54 Å². The zero-order valence-corrected chi connectivity index (χ0v) is 17.5. The van der Waals surface area contributed by atoms with E-state index in [9.17, 15) is 8.42 Å². The smallest absolute Gasteiger partial charge is 0.238 e. The van der Waals surface area contributed by atoms with Gasteiger partial charge in [0.25, 0.3) is 10.2 Å². The minimum absolute atomic E-state index is 0.112. The maximum Gasteiger partial charge on any atom is 0.282 e. The van der Waals surface area contributed by atoms with E-state index >= 15 is 0 Å². The van der Waals surface area contributed by atoms with Gasteiger partial charge in [-0.05, 0) is 38.8 Å². The maximum absolute atomic E-state index is 13.1. The van der Waals surface area contributed by atoms with Gasteiger partial charge in [-0.25, -0.2) is 4.68 Å². The average Bonchev–Trinajstić information content (AvgIpc) is 2.97. The molecule has 1 heterocycles. The summed E-state index contributed by atoms with van der Waals surface area (Å²) in [5, 5.41) is 4.63. The SMILES string of the molecule is Cc1nn(-c2ccccc2)c(C)c1CN(C)S(=O)(=O)N(C)C1CCCCC1. The Morgan fingerprint density at radius 2 is 1.70 bits per heavy atom. The molecule has 0 spiro atoms. The molecule has 0 N–H and O–H groups in total. The van der Waals surface area contributed by atoms with Crippen LogP contribution in [0.3, 0.4) is 0 Å². The number of nitrogens with zero attached hydrogens (tertiary/aromatic N) is 4. The molecule has 3 rings (SSSR count). The quantitative estimate of drug-likeness (QED) is 0.759. The molecule has 1 saturated carbocycles. The second kappa shape index (κ2) is 8.12. The minimum atomic E-state index is -3.50. The van der Waals surface area contributed by atoms with Crippen LogP contribution < -0.4 is 0 Å². The van der Waals surface area contributed by atoms with Crippen molar-refractivity contribution < 1.29 is 8.42 Å². The Kier molecular flexibility index (Phi) is 6.03. The van der Waals surface area contributed by atoms with E-state index in [1.54, 1.807) is 18.4 Å². The van der Waals surface area contributed by atoms with E-state index < -0.39 is 10.2 Å². The third-order valence-corrected chi connectivity index (χ3v) is 7.61. The first-order valence-corrected chi connectivity index (χ1v) is 11.0. The number of hydrogen-bond donors (Lipinski definition) is 0. The van der Waals surface area contributed by atoms with E-state index in [1.165, 1.54) is 10.7 Å².